The Balaban J connectivity index is 2.21. The second-order valence-electron chi connectivity index (χ2n) is 3.91. The van der Waals surface area contributed by atoms with Crippen LogP contribution in [0.3, 0.4) is 0 Å². The molecule has 2 rings (SSSR count). The summed E-state index contributed by atoms with van der Waals surface area (Å²) in [6.07, 6.45) is 5.12. The Bertz CT molecular complexity index is 527. The number of nitrogens with zero attached hydrogens (tertiary/aromatic N) is 4. The molecule has 5 nitrogen and oxygen atoms in total. The molecule has 0 saturated carbocycles. The summed E-state index contributed by atoms with van der Waals surface area (Å²) in [5, 5.41) is 4.38. The van der Waals surface area contributed by atoms with Gasteiger partial charge in [-0.05, 0) is 26.0 Å². The average molecular weight is 218 g/mol. The SMILES string of the molecule is CC(C)n1ccc(Cn2cccnc2=O)n1. The van der Waals surface area contributed by atoms with Gasteiger partial charge in [0.2, 0.25) is 0 Å². The highest BCUT2D eigenvalue weighted by Gasteiger charge is 2.03. The smallest absolute Gasteiger partial charge is 0.293 e. The zero-order valence-corrected chi connectivity index (χ0v) is 9.37. The van der Waals surface area contributed by atoms with Gasteiger partial charge in [0.25, 0.3) is 0 Å². The molecule has 0 aliphatic rings. The first-order chi connectivity index (χ1) is 7.66. The van der Waals surface area contributed by atoms with Crippen LogP contribution in [-0.2, 0) is 6.54 Å². The Labute approximate surface area is 93.4 Å². The Hall–Kier alpha value is -1.91. The van der Waals surface area contributed by atoms with Gasteiger partial charge in [-0.3, -0.25) is 9.25 Å². The van der Waals surface area contributed by atoms with Crippen molar-refractivity contribution in [1.29, 1.82) is 0 Å². The van der Waals surface area contributed by atoms with Gasteiger partial charge in [0.05, 0.1) is 12.2 Å². The van der Waals surface area contributed by atoms with Crippen molar-refractivity contribution in [2.45, 2.75) is 26.4 Å². The third-order valence-corrected chi connectivity index (χ3v) is 2.31. The van der Waals surface area contributed by atoms with Gasteiger partial charge in [0.15, 0.2) is 0 Å². The zero-order chi connectivity index (χ0) is 11.5. The first-order valence-corrected chi connectivity index (χ1v) is 5.22. The Morgan fingerprint density at radius 1 is 1.38 bits per heavy atom. The number of hydrogen-bond acceptors (Lipinski definition) is 3. The molecule has 0 radical (unpaired) electrons. The van der Waals surface area contributed by atoms with Crippen molar-refractivity contribution in [3.8, 4) is 0 Å². The van der Waals surface area contributed by atoms with Gasteiger partial charge < -0.3 is 0 Å². The summed E-state index contributed by atoms with van der Waals surface area (Å²) in [4.78, 5) is 15.1. The highest BCUT2D eigenvalue weighted by molar-refractivity contribution is 5.01. The molecule has 0 atom stereocenters. The van der Waals surface area contributed by atoms with E-state index in [0.29, 0.717) is 12.6 Å². The minimum Gasteiger partial charge on any atom is -0.293 e. The molecule has 0 aliphatic carbocycles. The van der Waals surface area contributed by atoms with Gasteiger partial charge in [-0.25, -0.2) is 9.78 Å². The van der Waals surface area contributed by atoms with Gasteiger partial charge >= 0.3 is 5.69 Å². The van der Waals surface area contributed by atoms with E-state index in [9.17, 15) is 4.79 Å². The molecular weight excluding hydrogens is 204 g/mol. The molecule has 2 aromatic rings. The van der Waals surface area contributed by atoms with Gasteiger partial charge in [-0.2, -0.15) is 5.10 Å². The Kier molecular flexibility index (Phi) is 2.85. The molecule has 84 valence electrons. The van der Waals surface area contributed by atoms with E-state index in [1.807, 2.05) is 16.9 Å². The molecule has 16 heavy (non-hydrogen) atoms. The molecule has 0 bridgehead atoms. The average Bonchev–Trinajstić information content (AvgIpc) is 2.70. The summed E-state index contributed by atoms with van der Waals surface area (Å²) < 4.78 is 3.41. The van der Waals surface area contributed by atoms with Gasteiger partial charge in [-0.1, -0.05) is 0 Å². The van der Waals surface area contributed by atoms with E-state index in [2.05, 4.69) is 23.9 Å². The van der Waals surface area contributed by atoms with Crippen molar-refractivity contribution in [2.75, 3.05) is 0 Å². The Morgan fingerprint density at radius 3 is 2.81 bits per heavy atom. The maximum Gasteiger partial charge on any atom is 0.347 e. The lowest BCUT2D eigenvalue weighted by Gasteiger charge is -2.04. The van der Waals surface area contributed by atoms with Crippen LogP contribution in [0.5, 0.6) is 0 Å². The molecule has 0 unspecified atom stereocenters. The molecule has 0 spiro atoms. The van der Waals surface area contributed by atoms with E-state index >= 15 is 0 Å². The molecule has 2 aromatic heterocycles. The van der Waals surface area contributed by atoms with Crippen molar-refractivity contribution in [1.82, 2.24) is 19.3 Å². The lowest BCUT2D eigenvalue weighted by molar-refractivity contribution is 0.522. The minimum atomic E-state index is -0.249. The monoisotopic (exact) mass is 218 g/mol. The first-order valence-electron chi connectivity index (χ1n) is 5.22. The third-order valence-electron chi connectivity index (χ3n) is 2.31. The molecule has 0 aliphatic heterocycles. The van der Waals surface area contributed by atoms with E-state index in [-0.39, 0.29) is 5.69 Å². The van der Waals surface area contributed by atoms with Gasteiger partial charge in [-0.15, -0.1) is 0 Å². The normalized spacial score (nSPS) is 10.9. The molecule has 0 amide bonds. The molecule has 0 aromatic carbocycles. The number of rotatable bonds is 3. The van der Waals surface area contributed by atoms with E-state index in [0.717, 1.165) is 5.69 Å². The topological polar surface area (TPSA) is 52.7 Å². The van der Waals surface area contributed by atoms with Crippen molar-refractivity contribution < 1.29 is 0 Å². The summed E-state index contributed by atoms with van der Waals surface area (Å²) >= 11 is 0. The van der Waals surface area contributed by atoms with Crippen LogP contribution in [0.15, 0.2) is 35.5 Å². The molecule has 0 N–H and O–H groups in total. The Morgan fingerprint density at radius 2 is 2.19 bits per heavy atom. The summed E-state index contributed by atoms with van der Waals surface area (Å²) in [5.41, 5.74) is 0.616. The number of aromatic nitrogens is 4. The zero-order valence-electron chi connectivity index (χ0n) is 9.37. The molecule has 0 fully saturated rings. The summed E-state index contributed by atoms with van der Waals surface area (Å²) in [6.45, 7) is 4.59. The fourth-order valence-electron chi connectivity index (χ4n) is 1.43. The lowest BCUT2D eigenvalue weighted by atomic mass is 10.4. The second kappa shape index (κ2) is 4.30. The van der Waals surface area contributed by atoms with Crippen LogP contribution in [-0.4, -0.2) is 19.3 Å². The van der Waals surface area contributed by atoms with Crippen molar-refractivity contribution in [3.05, 3.63) is 46.9 Å². The second-order valence-corrected chi connectivity index (χ2v) is 3.91. The standard InChI is InChI=1S/C11H14N4O/c1-9(2)15-7-4-10(13-15)8-14-6-3-5-12-11(14)16/h3-7,9H,8H2,1-2H3. The predicted octanol–water partition coefficient (Wildman–Crippen LogP) is 1.07. The van der Waals surface area contributed by atoms with Crippen LogP contribution >= 0.6 is 0 Å². The maximum absolute atomic E-state index is 11.4. The predicted molar refractivity (Wildman–Crippen MR) is 60.2 cm³/mol. The molecule has 5 heteroatoms. The number of hydrogen-bond donors (Lipinski definition) is 0. The van der Waals surface area contributed by atoms with E-state index in [1.54, 1.807) is 12.3 Å². The highest BCUT2D eigenvalue weighted by Crippen LogP contribution is 2.04. The van der Waals surface area contributed by atoms with Crippen molar-refractivity contribution in [2.24, 2.45) is 0 Å². The molecule has 2 heterocycles. The fraction of sp³-hybridized carbons (Fsp3) is 0.364. The van der Waals surface area contributed by atoms with Gasteiger partial charge in [0.1, 0.15) is 0 Å². The fourth-order valence-corrected chi connectivity index (χ4v) is 1.43. The van der Waals surface area contributed by atoms with Crippen LogP contribution in [0, 0.1) is 0 Å². The van der Waals surface area contributed by atoms with Crippen LogP contribution in [0.25, 0.3) is 0 Å². The summed E-state index contributed by atoms with van der Waals surface area (Å²) in [7, 11) is 0. The van der Waals surface area contributed by atoms with Gasteiger partial charge in [0, 0.05) is 24.6 Å². The summed E-state index contributed by atoms with van der Waals surface area (Å²) in [6, 6.07) is 3.99. The van der Waals surface area contributed by atoms with Crippen LogP contribution in [0.4, 0.5) is 0 Å². The van der Waals surface area contributed by atoms with Crippen LogP contribution in [0.2, 0.25) is 0 Å². The van der Waals surface area contributed by atoms with Crippen molar-refractivity contribution in [3.63, 3.8) is 0 Å². The molecular formula is C11H14N4O. The van der Waals surface area contributed by atoms with Crippen molar-refractivity contribution >= 4 is 0 Å². The minimum absolute atomic E-state index is 0.249. The largest absolute Gasteiger partial charge is 0.347 e. The quantitative estimate of drug-likeness (QED) is 0.774. The summed E-state index contributed by atoms with van der Waals surface area (Å²) in [5.74, 6) is 0. The van der Waals surface area contributed by atoms with E-state index in [4.69, 9.17) is 0 Å². The lowest BCUT2D eigenvalue weighted by Crippen LogP contribution is -2.22. The molecule has 0 saturated heterocycles. The van der Waals surface area contributed by atoms with Crippen LogP contribution in [0.1, 0.15) is 25.6 Å². The van der Waals surface area contributed by atoms with E-state index < -0.39 is 0 Å². The maximum atomic E-state index is 11.4. The van der Waals surface area contributed by atoms with Crippen LogP contribution < -0.4 is 5.69 Å². The first kappa shape index (κ1) is 10.6. The van der Waals surface area contributed by atoms with E-state index in [1.165, 1.54) is 10.8 Å². The highest BCUT2D eigenvalue weighted by atomic mass is 16.1. The third kappa shape index (κ3) is 2.18.